The highest BCUT2D eigenvalue weighted by molar-refractivity contribution is 5.94. The van der Waals surface area contributed by atoms with Crippen LogP contribution in [0, 0.1) is 11.3 Å². The maximum atomic E-state index is 11.4. The fraction of sp³-hybridized carbons (Fsp3) is 0.400. The highest BCUT2D eigenvalue weighted by Crippen LogP contribution is 2.24. The predicted molar refractivity (Wildman–Crippen MR) is 79.8 cm³/mol. The number of amides is 1. The molecule has 21 heavy (non-hydrogen) atoms. The molecule has 0 aliphatic carbocycles. The third-order valence-electron chi connectivity index (χ3n) is 3.14. The normalized spacial score (nSPS) is 10.8. The molecule has 1 heterocycles. The van der Waals surface area contributed by atoms with E-state index in [1.54, 1.807) is 12.1 Å². The molecule has 6 heteroatoms. The van der Waals surface area contributed by atoms with Crippen LogP contribution in [0.25, 0.3) is 11.0 Å². The molecule has 0 unspecified atom stereocenters. The van der Waals surface area contributed by atoms with Gasteiger partial charge in [0.2, 0.25) is 5.91 Å². The maximum Gasteiger partial charge on any atom is 0.238 e. The first-order valence-electron chi connectivity index (χ1n) is 6.84. The van der Waals surface area contributed by atoms with Gasteiger partial charge >= 0.3 is 0 Å². The molecule has 0 spiro atoms. The average molecular weight is 286 g/mol. The third-order valence-corrected chi connectivity index (χ3v) is 3.14. The quantitative estimate of drug-likeness (QED) is 0.879. The van der Waals surface area contributed by atoms with Crippen molar-refractivity contribution < 1.29 is 9.90 Å². The number of aromatic nitrogens is 2. The van der Waals surface area contributed by atoms with Crippen LogP contribution in [-0.2, 0) is 11.3 Å². The SMILES string of the molecule is CC(C)c1nc2cc(NC(=O)CC#N)ccc2n1CCO. The van der Waals surface area contributed by atoms with Gasteiger partial charge in [0.05, 0.1) is 23.7 Å². The van der Waals surface area contributed by atoms with Gasteiger partial charge in [-0.2, -0.15) is 5.26 Å². The van der Waals surface area contributed by atoms with E-state index < -0.39 is 0 Å². The summed E-state index contributed by atoms with van der Waals surface area (Å²) in [6.45, 7) is 4.63. The van der Waals surface area contributed by atoms with Crippen molar-refractivity contribution in [2.24, 2.45) is 0 Å². The van der Waals surface area contributed by atoms with Crippen molar-refractivity contribution in [1.82, 2.24) is 9.55 Å². The van der Waals surface area contributed by atoms with E-state index in [4.69, 9.17) is 5.26 Å². The molecule has 1 aromatic carbocycles. The van der Waals surface area contributed by atoms with Crippen LogP contribution < -0.4 is 5.32 Å². The molecule has 2 aromatic rings. The number of hydrogen-bond donors (Lipinski definition) is 2. The highest BCUT2D eigenvalue weighted by Gasteiger charge is 2.14. The molecule has 0 radical (unpaired) electrons. The number of nitrogens with one attached hydrogen (secondary N) is 1. The molecule has 0 fully saturated rings. The van der Waals surface area contributed by atoms with Crippen LogP contribution in [0.5, 0.6) is 0 Å². The Morgan fingerprint density at radius 1 is 1.52 bits per heavy atom. The zero-order valence-electron chi connectivity index (χ0n) is 12.1. The Bertz CT molecular complexity index is 697. The molecule has 0 aliphatic heterocycles. The van der Waals surface area contributed by atoms with Gasteiger partial charge in [-0.25, -0.2) is 4.98 Å². The lowest BCUT2D eigenvalue weighted by Crippen LogP contribution is -2.10. The van der Waals surface area contributed by atoms with Crippen LogP contribution in [-0.4, -0.2) is 27.2 Å². The summed E-state index contributed by atoms with van der Waals surface area (Å²) in [6, 6.07) is 7.23. The summed E-state index contributed by atoms with van der Waals surface area (Å²) < 4.78 is 1.99. The van der Waals surface area contributed by atoms with Crippen LogP contribution in [0.2, 0.25) is 0 Å². The van der Waals surface area contributed by atoms with Crippen molar-refractivity contribution in [2.45, 2.75) is 32.7 Å². The van der Waals surface area contributed by atoms with E-state index >= 15 is 0 Å². The van der Waals surface area contributed by atoms with Crippen molar-refractivity contribution in [3.63, 3.8) is 0 Å². The number of hydrogen-bond acceptors (Lipinski definition) is 4. The van der Waals surface area contributed by atoms with E-state index in [9.17, 15) is 9.90 Å². The summed E-state index contributed by atoms with van der Waals surface area (Å²) in [6.07, 6.45) is -0.172. The van der Waals surface area contributed by atoms with E-state index in [1.807, 2.05) is 30.6 Å². The van der Waals surface area contributed by atoms with Crippen molar-refractivity contribution in [3.8, 4) is 6.07 Å². The first-order valence-corrected chi connectivity index (χ1v) is 6.84. The zero-order valence-corrected chi connectivity index (χ0v) is 12.1. The molecule has 2 rings (SSSR count). The van der Waals surface area contributed by atoms with Gasteiger partial charge in [0.15, 0.2) is 0 Å². The van der Waals surface area contributed by atoms with E-state index in [0.717, 1.165) is 16.9 Å². The van der Waals surface area contributed by atoms with Crippen molar-refractivity contribution in [1.29, 1.82) is 5.26 Å². The Hall–Kier alpha value is -2.39. The van der Waals surface area contributed by atoms with Crippen molar-refractivity contribution in [2.75, 3.05) is 11.9 Å². The lowest BCUT2D eigenvalue weighted by atomic mass is 10.2. The number of rotatable bonds is 5. The molecule has 0 atom stereocenters. The topological polar surface area (TPSA) is 90.9 Å². The maximum absolute atomic E-state index is 11.4. The van der Waals surface area contributed by atoms with Crippen LogP contribution in [0.3, 0.4) is 0 Å². The standard InChI is InChI=1S/C15H18N4O2/c1-10(2)15-18-12-9-11(17-14(21)5-6-16)3-4-13(12)19(15)7-8-20/h3-4,9-10,20H,5,7-8H2,1-2H3,(H,17,21). The van der Waals surface area contributed by atoms with Gasteiger partial charge in [0, 0.05) is 18.2 Å². The molecule has 1 aromatic heterocycles. The van der Waals surface area contributed by atoms with E-state index in [1.165, 1.54) is 0 Å². The summed E-state index contributed by atoms with van der Waals surface area (Å²) >= 11 is 0. The number of nitrogens with zero attached hydrogens (tertiary/aromatic N) is 3. The minimum Gasteiger partial charge on any atom is -0.395 e. The minimum atomic E-state index is -0.337. The van der Waals surface area contributed by atoms with Crippen molar-refractivity contribution in [3.05, 3.63) is 24.0 Å². The third kappa shape index (κ3) is 3.20. The number of fused-ring (bicyclic) bond motifs is 1. The van der Waals surface area contributed by atoms with Gasteiger partial charge < -0.3 is 15.0 Å². The summed E-state index contributed by atoms with van der Waals surface area (Å²) in [4.78, 5) is 16.0. The largest absolute Gasteiger partial charge is 0.395 e. The molecule has 110 valence electrons. The number of carbonyl (C=O) groups excluding carboxylic acids is 1. The Balaban J connectivity index is 2.40. The van der Waals surface area contributed by atoms with Gasteiger partial charge in [0.25, 0.3) is 0 Å². The van der Waals surface area contributed by atoms with E-state index in [2.05, 4.69) is 10.3 Å². The Kier molecular flexibility index (Phi) is 4.55. The first kappa shape index (κ1) is 15.0. The monoisotopic (exact) mass is 286 g/mol. The number of aliphatic hydroxyl groups excluding tert-OH is 1. The van der Waals surface area contributed by atoms with Crippen LogP contribution in [0.4, 0.5) is 5.69 Å². The second-order valence-electron chi connectivity index (χ2n) is 5.09. The average Bonchev–Trinajstić information content (AvgIpc) is 2.78. The molecule has 1 amide bonds. The molecular weight excluding hydrogens is 268 g/mol. The lowest BCUT2D eigenvalue weighted by Gasteiger charge is -2.09. The number of benzene rings is 1. The first-order chi connectivity index (χ1) is 10.1. The van der Waals surface area contributed by atoms with Gasteiger partial charge in [0.1, 0.15) is 12.2 Å². The molecule has 0 aliphatic rings. The Morgan fingerprint density at radius 3 is 2.90 bits per heavy atom. The summed E-state index contributed by atoms with van der Waals surface area (Å²) in [7, 11) is 0. The van der Waals surface area contributed by atoms with Crippen LogP contribution >= 0.6 is 0 Å². The summed E-state index contributed by atoms with van der Waals surface area (Å²) in [5.41, 5.74) is 2.31. The smallest absolute Gasteiger partial charge is 0.238 e. The predicted octanol–water partition coefficient (Wildman–Crippen LogP) is 2.00. The Morgan fingerprint density at radius 2 is 2.29 bits per heavy atom. The number of anilines is 1. The second-order valence-corrected chi connectivity index (χ2v) is 5.09. The minimum absolute atomic E-state index is 0.0475. The number of imidazole rings is 1. The highest BCUT2D eigenvalue weighted by atomic mass is 16.3. The second kappa shape index (κ2) is 6.37. The molecule has 0 saturated carbocycles. The molecule has 6 nitrogen and oxygen atoms in total. The Labute approximate surface area is 123 Å². The van der Waals surface area contributed by atoms with Gasteiger partial charge in [-0.3, -0.25) is 4.79 Å². The van der Waals surface area contributed by atoms with Gasteiger partial charge in [-0.1, -0.05) is 13.8 Å². The molecule has 0 bridgehead atoms. The lowest BCUT2D eigenvalue weighted by molar-refractivity contribution is -0.115. The van der Waals surface area contributed by atoms with Crippen LogP contribution in [0.15, 0.2) is 18.2 Å². The number of aliphatic hydroxyl groups is 1. The summed E-state index contributed by atoms with van der Waals surface area (Å²) in [5, 5.41) is 20.4. The van der Waals surface area contributed by atoms with Gasteiger partial charge in [-0.15, -0.1) is 0 Å². The number of nitriles is 1. The fourth-order valence-electron chi connectivity index (χ4n) is 2.28. The molecule has 0 saturated heterocycles. The van der Waals surface area contributed by atoms with Gasteiger partial charge in [-0.05, 0) is 18.2 Å². The van der Waals surface area contributed by atoms with E-state index in [0.29, 0.717) is 12.2 Å². The zero-order chi connectivity index (χ0) is 15.4. The van der Waals surface area contributed by atoms with Crippen molar-refractivity contribution >= 4 is 22.6 Å². The summed E-state index contributed by atoms with van der Waals surface area (Å²) in [5.74, 6) is 0.802. The molecular formula is C15H18N4O2. The fourth-order valence-corrected chi connectivity index (χ4v) is 2.28. The number of carbonyl (C=O) groups is 1. The van der Waals surface area contributed by atoms with E-state index in [-0.39, 0.29) is 24.9 Å². The van der Waals surface area contributed by atoms with Crippen LogP contribution in [0.1, 0.15) is 32.0 Å². The molecule has 2 N–H and O–H groups in total.